The second-order valence-corrected chi connectivity index (χ2v) is 7.66. The second-order valence-electron chi connectivity index (χ2n) is 7.66. The zero-order chi connectivity index (χ0) is 17.6. The van der Waals surface area contributed by atoms with Crippen molar-refractivity contribution in [2.24, 2.45) is 0 Å². The van der Waals surface area contributed by atoms with Gasteiger partial charge in [-0.05, 0) is 35.2 Å². The summed E-state index contributed by atoms with van der Waals surface area (Å²) in [5.74, 6) is 0. The maximum atomic E-state index is 9.49. The van der Waals surface area contributed by atoms with Gasteiger partial charge in [-0.2, -0.15) is 0 Å². The van der Waals surface area contributed by atoms with E-state index in [1.807, 2.05) is 6.07 Å². The smallest absolute Gasteiger partial charge is 0.304 e. The molecule has 0 saturated carbocycles. The fourth-order valence-corrected chi connectivity index (χ4v) is 3.51. The molecule has 0 aliphatic rings. The van der Waals surface area contributed by atoms with Gasteiger partial charge in [-0.25, -0.2) is 0 Å². The van der Waals surface area contributed by atoms with Gasteiger partial charge >= 0.3 is 7.48 Å². The van der Waals surface area contributed by atoms with E-state index < -0.39 is 0 Å². The van der Waals surface area contributed by atoms with Crippen LogP contribution in [-0.2, 0) is 5.41 Å². The molecule has 3 heteroatoms. The molecule has 2 nitrogen and oxygen atoms in total. The van der Waals surface area contributed by atoms with Crippen molar-refractivity contribution in [1.82, 2.24) is 4.57 Å². The molecule has 1 heterocycles. The van der Waals surface area contributed by atoms with Crippen molar-refractivity contribution in [2.75, 3.05) is 0 Å². The highest BCUT2D eigenvalue weighted by atomic mass is 16.2. The molecule has 1 N–H and O–H groups in total. The molecule has 0 spiro atoms. The predicted molar refractivity (Wildman–Crippen MR) is 108 cm³/mol. The summed E-state index contributed by atoms with van der Waals surface area (Å²) in [5.41, 5.74) is 5.95. The lowest BCUT2D eigenvalue weighted by Gasteiger charge is -2.19. The van der Waals surface area contributed by atoms with Crippen molar-refractivity contribution in [3.8, 4) is 5.69 Å². The fourth-order valence-electron chi connectivity index (χ4n) is 3.51. The topological polar surface area (TPSA) is 25.2 Å². The number of para-hydroxylation sites is 1. The van der Waals surface area contributed by atoms with Gasteiger partial charge in [-0.1, -0.05) is 68.7 Å². The van der Waals surface area contributed by atoms with Gasteiger partial charge in [0.15, 0.2) is 0 Å². The van der Waals surface area contributed by atoms with Gasteiger partial charge in [0, 0.05) is 16.5 Å². The van der Waals surface area contributed by atoms with Gasteiger partial charge in [0.1, 0.15) is 0 Å². The van der Waals surface area contributed by atoms with Crippen molar-refractivity contribution in [3.05, 3.63) is 72.3 Å². The van der Waals surface area contributed by atoms with E-state index in [1.54, 1.807) is 0 Å². The normalized spacial score (nSPS) is 12.0. The third-order valence-corrected chi connectivity index (χ3v) is 4.91. The first kappa shape index (κ1) is 16.0. The van der Waals surface area contributed by atoms with E-state index in [0.717, 1.165) is 11.2 Å². The molecule has 0 atom stereocenters. The summed E-state index contributed by atoms with van der Waals surface area (Å²) in [6.45, 7) is 6.71. The second kappa shape index (κ2) is 5.78. The highest BCUT2D eigenvalue weighted by Gasteiger charge is 2.15. The molecule has 3 aromatic carbocycles. The lowest BCUT2D eigenvalue weighted by atomic mass is 9.87. The standard InChI is InChI=1S/C22H22BNO/c1-22(2,3)15-8-11-17(12-9-15)24-20-7-5-4-6-18(20)19-14-16(23-25)10-13-21(19)24/h4-14,23,25H,1-3H3. The van der Waals surface area contributed by atoms with E-state index in [9.17, 15) is 5.02 Å². The Labute approximate surface area is 149 Å². The number of benzene rings is 3. The summed E-state index contributed by atoms with van der Waals surface area (Å²) < 4.78 is 2.30. The first-order valence-electron chi connectivity index (χ1n) is 8.73. The molecule has 4 rings (SSSR count). The summed E-state index contributed by atoms with van der Waals surface area (Å²) in [7, 11) is 0.0652. The third-order valence-electron chi connectivity index (χ3n) is 4.91. The van der Waals surface area contributed by atoms with Gasteiger partial charge in [0.25, 0.3) is 0 Å². The van der Waals surface area contributed by atoms with Crippen LogP contribution in [0.25, 0.3) is 27.5 Å². The van der Waals surface area contributed by atoms with Gasteiger partial charge in [0.2, 0.25) is 0 Å². The molecule has 0 aliphatic carbocycles. The molecule has 0 amide bonds. The maximum absolute atomic E-state index is 9.49. The number of rotatable bonds is 2. The van der Waals surface area contributed by atoms with Crippen LogP contribution in [0, 0.1) is 0 Å². The lowest BCUT2D eigenvalue weighted by Crippen LogP contribution is -2.12. The Hall–Kier alpha value is -2.52. The molecule has 4 aromatic rings. The van der Waals surface area contributed by atoms with E-state index >= 15 is 0 Å². The molecule has 1 aromatic heterocycles. The van der Waals surface area contributed by atoms with Crippen molar-refractivity contribution in [3.63, 3.8) is 0 Å². The van der Waals surface area contributed by atoms with Crippen LogP contribution in [0.5, 0.6) is 0 Å². The molecule has 0 bridgehead atoms. The molecule has 0 aliphatic heterocycles. The molecule has 124 valence electrons. The summed E-state index contributed by atoms with van der Waals surface area (Å²) in [6.07, 6.45) is 0. The molecule has 0 unspecified atom stereocenters. The Morgan fingerprint density at radius 2 is 1.48 bits per heavy atom. The monoisotopic (exact) mass is 327 g/mol. The van der Waals surface area contributed by atoms with Crippen molar-refractivity contribution in [2.45, 2.75) is 26.2 Å². The van der Waals surface area contributed by atoms with Gasteiger partial charge < -0.3 is 9.59 Å². The highest BCUT2D eigenvalue weighted by molar-refractivity contribution is 6.46. The Morgan fingerprint density at radius 3 is 2.16 bits per heavy atom. The average Bonchev–Trinajstić information content (AvgIpc) is 2.94. The quantitative estimate of drug-likeness (QED) is 0.552. The van der Waals surface area contributed by atoms with E-state index in [4.69, 9.17) is 0 Å². The Morgan fingerprint density at radius 1 is 0.800 bits per heavy atom. The number of aromatic nitrogens is 1. The van der Waals surface area contributed by atoms with Gasteiger partial charge in [-0.15, -0.1) is 0 Å². The van der Waals surface area contributed by atoms with Crippen LogP contribution in [0.2, 0.25) is 0 Å². The largest absolute Gasteiger partial charge is 0.449 e. The van der Waals surface area contributed by atoms with Crippen LogP contribution in [0.1, 0.15) is 26.3 Å². The Kier molecular flexibility index (Phi) is 3.70. The first-order chi connectivity index (χ1) is 12.0. The fraction of sp³-hybridized carbons (Fsp3) is 0.182. The number of hydrogen-bond donors (Lipinski definition) is 1. The third kappa shape index (κ3) is 2.65. The summed E-state index contributed by atoms with van der Waals surface area (Å²) >= 11 is 0. The van der Waals surface area contributed by atoms with Crippen LogP contribution >= 0.6 is 0 Å². The molecule has 0 radical (unpaired) electrons. The summed E-state index contributed by atoms with van der Waals surface area (Å²) in [5, 5.41) is 11.9. The zero-order valence-electron chi connectivity index (χ0n) is 15.0. The van der Waals surface area contributed by atoms with Crippen molar-refractivity contribution < 1.29 is 5.02 Å². The van der Waals surface area contributed by atoms with E-state index in [0.29, 0.717) is 0 Å². The molecule has 25 heavy (non-hydrogen) atoms. The predicted octanol–water partition coefficient (Wildman–Crippen LogP) is 4.05. The van der Waals surface area contributed by atoms with Crippen LogP contribution in [-0.4, -0.2) is 17.1 Å². The van der Waals surface area contributed by atoms with Gasteiger partial charge in [0.05, 0.1) is 11.0 Å². The van der Waals surface area contributed by atoms with Crippen LogP contribution < -0.4 is 5.46 Å². The number of fused-ring (bicyclic) bond motifs is 3. The van der Waals surface area contributed by atoms with E-state index in [1.165, 1.54) is 27.4 Å². The first-order valence-corrected chi connectivity index (χ1v) is 8.73. The van der Waals surface area contributed by atoms with Gasteiger partial charge in [-0.3, -0.25) is 0 Å². The van der Waals surface area contributed by atoms with Crippen LogP contribution in [0.3, 0.4) is 0 Å². The maximum Gasteiger partial charge on any atom is 0.304 e. The van der Waals surface area contributed by atoms with Crippen LogP contribution in [0.15, 0.2) is 66.7 Å². The van der Waals surface area contributed by atoms with E-state index in [2.05, 4.69) is 86.0 Å². The van der Waals surface area contributed by atoms with Crippen molar-refractivity contribution in [1.29, 1.82) is 0 Å². The number of hydrogen-bond acceptors (Lipinski definition) is 1. The van der Waals surface area contributed by atoms with Crippen molar-refractivity contribution >= 4 is 34.8 Å². The minimum Gasteiger partial charge on any atom is -0.449 e. The molecule has 0 saturated heterocycles. The Bertz CT molecular complexity index is 1060. The minimum atomic E-state index is 0.0652. The SMILES string of the molecule is CC(C)(C)c1ccc(-n2c3ccccc3c3cc(BO)ccc32)cc1. The number of nitrogens with zero attached hydrogens (tertiary/aromatic N) is 1. The summed E-state index contributed by atoms with van der Waals surface area (Å²) in [4.78, 5) is 0. The van der Waals surface area contributed by atoms with E-state index in [-0.39, 0.29) is 12.9 Å². The zero-order valence-corrected chi connectivity index (χ0v) is 15.0. The highest BCUT2D eigenvalue weighted by Crippen LogP contribution is 2.32. The lowest BCUT2D eigenvalue weighted by molar-refractivity contribution is 0.590. The Balaban J connectivity index is 2.00. The molecular weight excluding hydrogens is 305 g/mol. The molecule has 0 fully saturated rings. The average molecular weight is 327 g/mol. The minimum absolute atomic E-state index is 0.0652. The summed E-state index contributed by atoms with van der Waals surface area (Å²) in [6, 6.07) is 23.5. The van der Waals surface area contributed by atoms with Crippen LogP contribution in [0.4, 0.5) is 0 Å². The molecular formula is C22H22BNO.